The van der Waals surface area contributed by atoms with Crippen molar-refractivity contribution in [3.63, 3.8) is 0 Å². The van der Waals surface area contributed by atoms with Gasteiger partial charge in [-0.25, -0.2) is 10.2 Å². The predicted octanol–water partition coefficient (Wildman–Crippen LogP) is 6.71. The Morgan fingerprint density at radius 1 is 1.18 bits per heavy atom. The highest BCUT2D eigenvalue weighted by atomic mass is 79.9. The molecule has 0 heterocycles. The minimum Gasteiger partial charge on any atom is -0.486 e. The van der Waals surface area contributed by atoms with E-state index in [2.05, 4.69) is 31.8 Å². The maximum atomic E-state index is 12.0. The van der Waals surface area contributed by atoms with E-state index in [9.17, 15) is 14.9 Å². The number of nitrogens with one attached hydrogen (secondary N) is 2. The molecule has 3 rings (SSSR count). The van der Waals surface area contributed by atoms with Gasteiger partial charge in [0.1, 0.15) is 6.61 Å². The summed E-state index contributed by atoms with van der Waals surface area (Å²) in [7, 11) is 0. The van der Waals surface area contributed by atoms with Crippen molar-refractivity contribution in [2.75, 3.05) is 5.32 Å². The topological polar surface area (TPSA) is 106 Å². The lowest BCUT2D eigenvalue weighted by atomic mass is 10.2. The number of amides is 2. The molecule has 2 N–H and O–H groups in total. The number of benzene rings is 3. The Bertz CT molecular complexity index is 1210. The van der Waals surface area contributed by atoms with Gasteiger partial charge in [-0.2, -0.15) is 5.10 Å². The summed E-state index contributed by atoms with van der Waals surface area (Å²) in [5.74, 6) is 0.235. The summed E-state index contributed by atoms with van der Waals surface area (Å²) < 4.78 is 6.60. The van der Waals surface area contributed by atoms with Crippen molar-refractivity contribution >= 4 is 62.8 Å². The highest BCUT2D eigenvalue weighted by Crippen LogP contribution is 2.34. The number of aryl methyl sites for hydroxylation is 1. The summed E-state index contributed by atoms with van der Waals surface area (Å²) >= 11 is 16.0. The van der Waals surface area contributed by atoms with Crippen LogP contribution in [-0.4, -0.2) is 17.2 Å². The molecule has 8 nitrogen and oxygen atoms in total. The van der Waals surface area contributed by atoms with E-state index in [1.165, 1.54) is 18.3 Å². The maximum Gasteiger partial charge on any atom is 0.339 e. The summed E-state index contributed by atoms with van der Waals surface area (Å²) in [5, 5.41) is 17.9. The minimum absolute atomic E-state index is 0.0355. The van der Waals surface area contributed by atoms with Gasteiger partial charge in [0.25, 0.3) is 5.69 Å². The highest BCUT2D eigenvalue weighted by Gasteiger charge is 2.11. The number of ether oxygens (including phenoxy) is 1. The van der Waals surface area contributed by atoms with Crippen LogP contribution in [0.2, 0.25) is 10.0 Å². The summed E-state index contributed by atoms with van der Waals surface area (Å²) in [6, 6.07) is 14.1. The molecule has 170 valence electrons. The van der Waals surface area contributed by atoms with Crippen molar-refractivity contribution in [3.8, 4) is 5.75 Å². The number of rotatable bonds is 7. The van der Waals surface area contributed by atoms with Gasteiger partial charge in [-0.05, 0) is 53.9 Å². The fourth-order valence-electron chi connectivity index (χ4n) is 2.75. The molecule has 0 saturated carbocycles. The highest BCUT2D eigenvalue weighted by molar-refractivity contribution is 9.10. The molecule has 3 aromatic carbocycles. The largest absolute Gasteiger partial charge is 0.486 e. The lowest BCUT2D eigenvalue weighted by Gasteiger charge is -2.11. The Balaban J connectivity index is 1.60. The molecule has 0 unspecified atom stereocenters. The van der Waals surface area contributed by atoms with Gasteiger partial charge >= 0.3 is 6.03 Å². The number of nitro groups is 1. The molecular formula is C22H17BrCl2N4O4. The first-order valence-electron chi connectivity index (χ1n) is 9.44. The summed E-state index contributed by atoms with van der Waals surface area (Å²) in [6.45, 7) is 1.96. The molecule has 0 aliphatic rings. The van der Waals surface area contributed by atoms with Crippen LogP contribution >= 0.6 is 39.1 Å². The standard InChI is InChI=1S/C22H17BrCl2N4O4/c1-13-7-16(5-6-18(13)23)27-22(30)28-26-11-15-9-19(24)21(20(25)10-15)33-12-14-3-2-4-17(8-14)29(31)32/h2-11H,12H2,1H3,(H2,27,28,30)/b26-11+. The van der Waals surface area contributed by atoms with Gasteiger partial charge in [0.15, 0.2) is 5.75 Å². The molecule has 11 heteroatoms. The van der Waals surface area contributed by atoms with Gasteiger partial charge in [-0.15, -0.1) is 0 Å². The third kappa shape index (κ3) is 6.92. The third-order valence-corrected chi connectivity index (χ3v) is 5.77. The van der Waals surface area contributed by atoms with Gasteiger partial charge in [-0.3, -0.25) is 10.1 Å². The van der Waals surface area contributed by atoms with E-state index in [1.54, 1.807) is 30.3 Å². The van der Waals surface area contributed by atoms with Crippen LogP contribution in [0.5, 0.6) is 5.75 Å². The van der Waals surface area contributed by atoms with E-state index in [0.717, 1.165) is 10.0 Å². The number of hydrogen-bond donors (Lipinski definition) is 2. The number of hydrazone groups is 1. The Hall–Kier alpha value is -3.14. The van der Waals surface area contributed by atoms with Crippen molar-refractivity contribution < 1.29 is 14.5 Å². The van der Waals surface area contributed by atoms with Crippen molar-refractivity contribution in [3.05, 3.63) is 95.9 Å². The molecular weight excluding hydrogens is 535 g/mol. The Kier molecular flexibility index (Phi) is 8.26. The summed E-state index contributed by atoms with van der Waals surface area (Å²) in [6.07, 6.45) is 1.38. The number of non-ortho nitro benzene ring substituents is 1. The lowest BCUT2D eigenvalue weighted by Crippen LogP contribution is -2.24. The third-order valence-electron chi connectivity index (χ3n) is 4.32. The quantitative estimate of drug-likeness (QED) is 0.193. The average molecular weight is 552 g/mol. The normalized spacial score (nSPS) is 10.8. The van der Waals surface area contributed by atoms with Crippen molar-refractivity contribution in [1.82, 2.24) is 5.43 Å². The van der Waals surface area contributed by atoms with E-state index in [4.69, 9.17) is 27.9 Å². The van der Waals surface area contributed by atoms with E-state index in [0.29, 0.717) is 16.8 Å². The molecule has 0 fully saturated rings. The first-order valence-corrected chi connectivity index (χ1v) is 11.0. The van der Waals surface area contributed by atoms with Crippen LogP contribution in [-0.2, 0) is 6.61 Å². The van der Waals surface area contributed by atoms with E-state index in [-0.39, 0.29) is 28.1 Å². The molecule has 0 radical (unpaired) electrons. The summed E-state index contributed by atoms with van der Waals surface area (Å²) in [4.78, 5) is 22.4. The Morgan fingerprint density at radius 2 is 1.91 bits per heavy atom. The van der Waals surface area contributed by atoms with E-state index < -0.39 is 11.0 Å². The SMILES string of the molecule is Cc1cc(NC(=O)N/N=C/c2cc(Cl)c(OCc3cccc([N+](=O)[O-])c3)c(Cl)c2)ccc1Br. The average Bonchev–Trinajstić information content (AvgIpc) is 2.76. The van der Waals surface area contributed by atoms with Gasteiger partial charge in [0.05, 0.1) is 21.2 Å². The molecule has 0 aliphatic carbocycles. The number of anilines is 1. The van der Waals surface area contributed by atoms with Gasteiger partial charge in [0, 0.05) is 22.3 Å². The molecule has 3 aromatic rings. The van der Waals surface area contributed by atoms with Crippen LogP contribution in [0.3, 0.4) is 0 Å². The van der Waals surface area contributed by atoms with Crippen LogP contribution in [0.1, 0.15) is 16.7 Å². The second-order valence-corrected chi connectivity index (χ2v) is 8.49. The van der Waals surface area contributed by atoms with Crippen LogP contribution in [0.4, 0.5) is 16.2 Å². The Labute approximate surface area is 207 Å². The molecule has 0 spiro atoms. The number of nitrogens with zero attached hydrogens (tertiary/aromatic N) is 2. The van der Waals surface area contributed by atoms with Crippen molar-refractivity contribution in [1.29, 1.82) is 0 Å². The van der Waals surface area contributed by atoms with Gasteiger partial charge in [0.2, 0.25) is 0 Å². The number of halogens is 3. The van der Waals surface area contributed by atoms with E-state index >= 15 is 0 Å². The zero-order chi connectivity index (χ0) is 24.0. The fourth-order valence-corrected chi connectivity index (χ4v) is 3.61. The number of urea groups is 1. The van der Waals surface area contributed by atoms with Crippen LogP contribution < -0.4 is 15.5 Å². The number of carbonyl (C=O) groups excluding carboxylic acids is 1. The molecule has 0 aliphatic heterocycles. The minimum atomic E-state index is -0.512. The second-order valence-electron chi connectivity index (χ2n) is 6.82. The lowest BCUT2D eigenvalue weighted by molar-refractivity contribution is -0.384. The second kappa shape index (κ2) is 11.1. The maximum absolute atomic E-state index is 12.0. The monoisotopic (exact) mass is 550 g/mol. The molecule has 33 heavy (non-hydrogen) atoms. The van der Waals surface area contributed by atoms with Crippen molar-refractivity contribution in [2.45, 2.75) is 13.5 Å². The smallest absolute Gasteiger partial charge is 0.339 e. The molecule has 0 atom stereocenters. The molecule has 0 bridgehead atoms. The first-order chi connectivity index (χ1) is 15.7. The summed E-state index contributed by atoms with van der Waals surface area (Å²) in [5.41, 5.74) is 5.06. The van der Waals surface area contributed by atoms with E-state index in [1.807, 2.05) is 19.1 Å². The van der Waals surface area contributed by atoms with Crippen LogP contribution in [0, 0.1) is 17.0 Å². The van der Waals surface area contributed by atoms with Gasteiger partial charge < -0.3 is 10.1 Å². The van der Waals surface area contributed by atoms with Crippen molar-refractivity contribution in [2.24, 2.45) is 5.10 Å². The molecule has 0 saturated heterocycles. The number of hydrogen-bond acceptors (Lipinski definition) is 5. The molecule has 2 amide bonds. The number of carbonyl (C=O) groups is 1. The Morgan fingerprint density at radius 3 is 2.58 bits per heavy atom. The van der Waals surface area contributed by atoms with Gasteiger partial charge in [-0.1, -0.05) is 51.3 Å². The number of nitro benzene ring substituents is 1. The van der Waals surface area contributed by atoms with Crippen LogP contribution in [0.25, 0.3) is 0 Å². The first kappa shape index (κ1) is 24.5. The zero-order valence-electron chi connectivity index (χ0n) is 17.1. The zero-order valence-corrected chi connectivity index (χ0v) is 20.2. The predicted molar refractivity (Wildman–Crippen MR) is 133 cm³/mol. The fraction of sp³-hybridized carbons (Fsp3) is 0.0909. The molecule has 0 aromatic heterocycles. The van der Waals surface area contributed by atoms with Crippen LogP contribution in [0.15, 0.2) is 64.2 Å².